The molecule has 0 aliphatic rings. The van der Waals surface area contributed by atoms with E-state index >= 15 is 0 Å². The Kier molecular flexibility index (Phi) is 5.84. The first-order valence-electron chi connectivity index (χ1n) is 6.35. The number of carbonyl (C=O) groups excluding carboxylic acids is 1. The summed E-state index contributed by atoms with van der Waals surface area (Å²) in [5.41, 5.74) is 1.67. The maximum Gasteiger partial charge on any atom is 0.182 e. The van der Waals surface area contributed by atoms with Crippen molar-refractivity contribution >= 4 is 5.78 Å². The van der Waals surface area contributed by atoms with Crippen LogP contribution in [0.15, 0.2) is 18.3 Å². The molecule has 0 aliphatic carbocycles. The van der Waals surface area contributed by atoms with E-state index in [1.54, 1.807) is 6.20 Å². The van der Waals surface area contributed by atoms with Gasteiger partial charge in [0.25, 0.3) is 0 Å². The van der Waals surface area contributed by atoms with E-state index in [0.29, 0.717) is 12.1 Å². The van der Waals surface area contributed by atoms with Crippen LogP contribution in [0.2, 0.25) is 0 Å². The normalized spacial score (nSPS) is 10.8. The Morgan fingerprint density at radius 3 is 2.59 bits per heavy atom. The lowest BCUT2D eigenvalue weighted by atomic mass is 10.1. The molecule has 0 aromatic carbocycles. The van der Waals surface area contributed by atoms with Crippen LogP contribution in [0.5, 0.6) is 0 Å². The fourth-order valence-electron chi connectivity index (χ4n) is 1.76. The minimum Gasteiger partial charge on any atom is -0.303 e. The van der Waals surface area contributed by atoms with Gasteiger partial charge in [-0.05, 0) is 38.1 Å². The topological polar surface area (TPSA) is 33.2 Å². The lowest BCUT2D eigenvalue weighted by Crippen LogP contribution is -2.27. The predicted molar refractivity (Wildman–Crippen MR) is 70.3 cm³/mol. The summed E-state index contributed by atoms with van der Waals surface area (Å²) in [5, 5.41) is 0. The molecule has 0 amide bonds. The Hall–Kier alpha value is -1.22. The minimum atomic E-state index is 0.138. The quantitative estimate of drug-likeness (QED) is 0.680. The van der Waals surface area contributed by atoms with Gasteiger partial charge in [-0.15, -0.1) is 0 Å². The summed E-state index contributed by atoms with van der Waals surface area (Å²) >= 11 is 0. The second-order valence-electron chi connectivity index (χ2n) is 4.33. The van der Waals surface area contributed by atoms with Crippen LogP contribution in [-0.2, 0) is 0 Å². The van der Waals surface area contributed by atoms with Gasteiger partial charge in [-0.25, -0.2) is 0 Å². The number of nitrogens with zero attached hydrogens (tertiary/aromatic N) is 2. The van der Waals surface area contributed by atoms with Crippen molar-refractivity contribution < 1.29 is 4.79 Å². The Labute approximate surface area is 104 Å². The van der Waals surface area contributed by atoms with Crippen LogP contribution < -0.4 is 0 Å². The zero-order valence-electron chi connectivity index (χ0n) is 11.1. The molecule has 0 radical (unpaired) electrons. The Morgan fingerprint density at radius 2 is 2.06 bits per heavy atom. The molecule has 94 valence electrons. The second-order valence-corrected chi connectivity index (χ2v) is 4.33. The fourth-order valence-corrected chi connectivity index (χ4v) is 1.76. The highest BCUT2D eigenvalue weighted by atomic mass is 16.1. The molecule has 0 aliphatic heterocycles. The zero-order chi connectivity index (χ0) is 12.7. The van der Waals surface area contributed by atoms with Gasteiger partial charge in [0.15, 0.2) is 5.78 Å². The Bertz CT molecular complexity index is 346. The number of rotatable bonds is 7. The van der Waals surface area contributed by atoms with Gasteiger partial charge in [-0.1, -0.05) is 19.9 Å². The summed E-state index contributed by atoms with van der Waals surface area (Å²) in [6, 6.07) is 3.75. The molecule has 0 saturated carbocycles. The van der Waals surface area contributed by atoms with Crippen LogP contribution in [0.25, 0.3) is 0 Å². The molecule has 3 heteroatoms. The molecule has 0 atom stereocenters. The summed E-state index contributed by atoms with van der Waals surface area (Å²) in [6.45, 7) is 9.16. The van der Waals surface area contributed by atoms with Crippen LogP contribution in [0, 0.1) is 6.92 Å². The summed E-state index contributed by atoms with van der Waals surface area (Å²) in [4.78, 5) is 18.3. The average Bonchev–Trinajstić information content (AvgIpc) is 2.35. The molecule has 0 fully saturated rings. The smallest absolute Gasteiger partial charge is 0.182 e. The predicted octanol–water partition coefficient (Wildman–Crippen LogP) is 2.69. The highest BCUT2D eigenvalue weighted by Gasteiger charge is 2.09. The van der Waals surface area contributed by atoms with E-state index in [2.05, 4.69) is 23.7 Å². The van der Waals surface area contributed by atoms with E-state index in [4.69, 9.17) is 0 Å². The van der Waals surface area contributed by atoms with Crippen molar-refractivity contribution in [2.45, 2.75) is 33.6 Å². The summed E-state index contributed by atoms with van der Waals surface area (Å²) < 4.78 is 0. The van der Waals surface area contributed by atoms with Gasteiger partial charge in [0, 0.05) is 19.2 Å². The molecular weight excluding hydrogens is 212 g/mol. The lowest BCUT2D eigenvalue weighted by molar-refractivity contribution is 0.0960. The third kappa shape index (κ3) is 4.65. The molecule has 3 nitrogen and oxygen atoms in total. The number of hydrogen-bond acceptors (Lipinski definition) is 3. The Morgan fingerprint density at radius 1 is 1.29 bits per heavy atom. The van der Waals surface area contributed by atoms with Crippen molar-refractivity contribution in [3.05, 3.63) is 29.6 Å². The van der Waals surface area contributed by atoms with Crippen molar-refractivity contribution in [1.82, 2.24) is 9.88 Å². The summed E-state index contributed by atoms with van der Waals surface area (Å²) in [6.07, 6.45) is 3.44. The first kappa shape index (κ1) is 13.8. The molecule has 1 aromatic rings. The van der Waals surface area contributed by atoms with Crippen molar-refractivity contribution in [2.75, 3.05) is 19.6 Å². The van der Waals surface area contributed by atoms with Gasteiger partial charge in [-0.3, -0.25) is 9.78 Å². The number of pyridine rings is 1. The Balaban J connectivity index is 2.46. The molecular formula is C14H22N2O. The molecule has 0 bridgehead atoms. The molecule has 0 N–H and O–H groups in total. The van der Waals surface area contributed by atoms with Crippen LogP contribution in [0.1, 0.15) is 42.7 Å². The van der Waals surface area contributed by atoms with Crippen molar-refractivity contribution in [2.24, 2.45) is 0 Å². The van der Waals surface area contributed by atoms with Crippen LogP contribution in [0.4, 0.5) is 0 Å². The fraction of sp³-hybridized carbons (Fsp3) is 0.571. The van der Waals surface area contributed by atoms with Crippen LogP contribution in [-0.4, -0.2) is 35.3 Å². The third-order valence-corrected chi connectivity index (χ3v) is 2.84. The van der Waals surface area contributed by atoms with Gasteiger partial charge in [-0.2, -0.15) is 0 Å². The van der Waals surface area contributed by atoms with Crippen molar-refractivity contribution in [3.63, 3.8) is 0 Å². The van der Waals surface area contributed by atoms with E-state index in [-0.39, 0.29) is 5.78 Å². The molecule has 1 aromatic heterocycles. The second kappa shape index (κ2) is 7.17. The first-order valence-corrected chi connectivity index (χ1v) is 6.35. The highest BCUT2D eigenvalue weighted by molar-refractivity contribution is 5.94. The van der Waals surface area contributed by atoms with Crippen molar-refractivity contribution in [1.29, 1.82) is 0 Å². The maximum absolute atomic E-state index is 11.9. The van der Waals surface area contributed by atoms with Gasteiger partial charge in [0.1, 0.15) is 5.69 Å². The average molecular weight is 234 g/mol. The molecule has 1 rings (SSSR count). The molecule has 0 unspecified atom stereocenters. The van der Waals surface area contributed by atoms with Gasteiger partial charge >= 0.3 is 0 Å². The highest BCUT2D eigenvalue weighted by Crippen LogP contribution is 2.03. The molecule has 0 saturated heterocycles. The zero-order valence-corrected chi connectivity index (χ0v) is 11.1. The maximum atomic E-state index is 11.9. The van der Waals surface area contributed by atoms with Crippen LogP contribution >= 0.6 is 0 Å². The number of aryl methyl sites for hydroxylation is 1. The van der Waals surface area contributed by atoms with E-state index in [9.17, 15) is 4.79 Å². The first-order chi connectivity index (χ1) is 8.17. The van der Waals surface area contributed by atoms with Gasteiger partial charge in [0.05, 0.1) is 0 Å². The van der Waals surface area contributed by atoms with E-state index in [1.807, 2.05) is 19.1 Å². The minimum absolute atomic E-state index is 0.138. The largest absolute Gasteiger partial charge is 0.303 e. The number of Topliss-reactive ketones (excluding diaryl/α,β-unsaturated/α-hetero) is 1. The number of ketones is 1. The van der Waals surface area contributed by atoms with Gasteiger partial charge < -0.3 is 4.90 Å². The summed E-state index contributed by atoms with van der Waals surface area (Å²) in [7, 11) is 0. The molecule has 0 spiro atoms. The summed E-state index contributed by atoms with van der Waals surface area (Å²) in [5.74, 6) is 0.138. The number of hydrogen-bond donors (Lipinski definition) is 0. The van der Waals surface area contributed by atoms with Crippen molar-refractivity contribution in [3.8, 4) is 0 Å². The lowest BCUT2D eigenvalue weighted by Gasteiger charge is -2.18. The SMILES string of the molecule is CCCN(CC)CCC(=O)c1ccc(C)cn1. The standard InChI is InChI=1S/C14H22N2O/c1-4-9-16(5-2)10-8-14(17)13-7-6-12(3)11-15-13/h6-7,11H,4-5,8-10H2,1-3H3. The number of aromatic nitrogens is 1. The number of carbonyl (C=O) groups is 1. The van der Waals surface area contributed by atoms with E-state index in [1.165, 1.54) is 0 Å². The van der Waals surface area contributed by atoms with E-state index in [0.717, 1.165) is 31.6 Å². The van der Waals surface area contributed by atoms with Crippen LogP contribution in [0.3, 0.4) is 0 Å². The molecule has 17 heavy (non-hydrogen) atoms. The monoisotopic (exact) mass is 234 g/mol. The van der Waals surface area contributed by atoms with E-state index < -0.39 is 0 Å². The molecule has 1 heterocycles. The third-order valence-electron chi connectivity index (χ3n) is 2.84. The van der Waals surface area contributed by atoms with Gasteiger partial charge in [0.2, 0.25) is 0 Å².